The quantitative estimate of drug-likeness (QED) is 0.616. The predicted molar refractivity (Wildman–Crippen MR) is 76.2 cm³/mol. The lowest BCUT2D eigenvalue weighted by Gasteiger charge is -2.36. The van der Waals surface area contributed by atoms with E-state index in [1.165, 1.54) is 25.7 Å². The zero-order valence-electron chi connectivity index (χ0n) is 12.4. The minimum Gasteiger partial charge on any atom is -0.0690 e. The zero-order valence-corrected chi connectivity index (χ0v) is 12.4. The first kappa shape index (κ1) is 13.5. The third-order valence-corrected chi connectivity index (χ3v) is 5.95. The van der Waals surface area contributed by atoms with Crippen LogP contribution in [0.1, 0.15) is 60.3 Å². The molecule has 0 aromatic rings. The summed E-state index contributed by atoms with van der Waals surface area (Å²) in [6.07, 6.45) is 5.63. The molecule has 2 aliphatic carbocycles. The van der Waals surface area contributed by atoms with Crippen molar-refractivity contribution in [3.63, 3.8) is 0 Å². The fraction of sp³-hybridized carbons (Fsp3) is 1.00. The van der Waals surface area contributed by atoms with E-state index < -0.39 is 0 Å². The van der Waals surface area contributed by atoms with Crippen LogP contribution in [0.25, 0.3) is 0 Å². The Bertz CT molecular complexity index is 273. The van der Waals surface area contributed by atoms with Crippen molar-refractivity contribution in [1.82, 2.24) is 0 Å². The lowest BCUT2D eigenvalue weighted by molar-refractivity contribution is 0.188. The molecule has 0 aliphatic heterocycles. The third kappa shape index (κ3) is 2.31. The fourth-order valence-corrected chi connectivity index (χ4v) is 4.39. The van der Waals surface area contributed by atoms with Crippen molar-refractivity contribution in [2.24, 2.45) is 35.0 Å². The molecule has 0 saturated heterocycles. The summed E-state index contributed by atoms with van der Waals surface area (Å²) < 4.78 is 0. The molecular formula is C16H29B. The van der Waals surface area contributed by atoms with Gasteiger partial charge in [-0.3, -0.25) is 0 Å². The lowest BCUT2D eigenvalue weighted by Crippen LogP contribution is -2.28. The number of hydrogen-bond acceptors (Lipinski definition) is 0. The predicted octanol–water partition coefficient (Wildman–Crippen LogP) is 4.70. The monoisotopic (exact) mass is 232 g/mol. The average molecular weight is 232 g/mol. The lowest BCUT2D eigenvalue weighted by atomic mass is 9.60. The van der Waals surface area contributed by atoms with Gasteiger partial charge < -0.3 is 0 Å². The number of hydrogen-bond donors (Lipinski definition) is 0. The van der Waals surface area contributed by atoms with Gasteiger partial charge in [-0.2, -0.15) is 0 Å². The van der Waals surface area contributed by atoms with Crippen LogP contribution >= 0.6 is 0 Å². The van der Waals surface area contributed by atoms with Crippen LogP contribution < -0.4 is 0 Å². The van der Waals surface area contributed by atoms with Crippen molar-refractivity contribution >= 4 is 7.85 Å². The van der Waals surface area contributed by atoms with Gasteiger partial charge in [-0.1, -0.05) is 46.9 Å². The molecule has 0 spiro atoms. The van der Waals surface area contributed by atoms with E-state index in [-0.39, 0.29) is 0 Å². The molecule has 2 aliphatic rings. The van der Waals surface area contributed by atoms with E-state index >= 15 is 0 Å². The molecule has 17 heavy (non-hydrogen) atoms. The SMILES string of the molecule is [B]C1C(C)C[C@H](C)C1(C)C1CC1CCC(C)C. The van der Waals surface area contributed by atoms with E-state index in [1.54, 1.807) is 0 Å². The summed E-state index contributed by atoms with van der Waals surface area (Å²) in [5.41, 5.74) is 0.432. The van der Waals surface area contributed by atoms with Gasteiger partial charge in [0.25, 0.3) is 0 Å². The van der Waals surface area contributed by atoms with Gasteiger partial charge in [0.05, 0.1) is 7.85 Å². The summed E-state index contributed by atoms with van der Waals surface area (Å²) >= 11 is 0. The van der Waals surface area contributed by atoms with Gasteiger partial charge >= 0.3 is 0 Å². The summed E-state index contributed by atoms with van der Waals surface area (Å²) in [7, 11) is 6.51. The second kappa shape index (κ2) is 4.63. The highest BCUT2D eigenvalue weighted by Gasteiger charge is 2.57. The Morgan fingerprint density at radius 3 is 2.35 bits per heavy atom. The smallest absolute Gasteiger partial charge is 0.0690 e. The van der Waals surface area contributed by atoms with Crippen LogP contribution in [0.5, 0.6) is 0 Å². The summed E-state index contributed by atoms with van der Waals surface area (Å²) in [4.78, 5) is 0. The Morgan fingerprint density at radius 2 is 1.88 bits per heavy atom. The Labute approximate surface area is 109 Å². The molecule has 2 radical (unpaired) electrons. The first-order valence-electron chi connectivity index (χ1n) is 7.62. The van der Waals surface area contributed by atoms with E-state index in [1.807, 2.05) is 0 Å². The second-order valence-corrected chi connectivity index (χ2v) is 7.58. The van der Waals surface area contributed by atoms with Crippen molar-refractivity contribution in [2.45, 2.75) is 66.1 Å². The maximum absolute atomic E-state index is 6.51. The molecule has 0 bridgehead atoms. The van der Waals surface area contributed by atoms with Crippen LogP contribution in [0, 0.1) is 35.0 Å². The standard InChI is InChI=1S/C16H29B/c1-10(2)6-7-13-9-14(13)16(5)12(4)8-11(3)15(16)17/h10-15H,6-9H2,1-5H3/t11?,12-,13?,14?,15?,16?/m0/s1. The Kier molecular flexibility index (Phi) is 3.67. The maximum atomic E-state index is 6.51. The van der Waals surface area contributed by atoms with Gasteiger partial charge in [0.1, 0.15) is 0 Å². The van der Waals surface area contributed by atoms with E-state index in [2.05, 4.69) is 34.6 Å². The molecule has 1 heteroatoms. The highest BCUT2D eigenvalue weighted by atomic mass is 14.6. The van der Waals surface area contributed by atoms with Crippen LogP contribution in [0.3, 0.4) is 0 Å². The molecule has 0 N–H and O–H groups in total. The van der Waals surface area contributed by atoms with Crippen molar-refractivity contribution in [3.8, 4) is 0 Å². The molecule has 5 unspecified atom stereocenters. The van der Waals surface area contributed by atoms with Gasteiger partial charge in [0.2, 0.25) is 0 Å². The van der Waals surface area contributed by atoms with Gasteiger partial charge in [0, 0.05) is 0 Å². The van der Waals surface area contributed by atoms with Gasteiger partial charge in [-0.25, -0.2) is 0 Å². The van der Waals surface area contributed by atoms with Crippen LogP contribution in [0.4, 0.5) is 0 Å². The summed E-state index contributed by atoms with van der Waals surface area (Å²) in [5.74, 6) is 4.75. The molecule has 2 fully saturated rings. The molecule has 0 aromatic heterocycles. The van der Waals surface area contributed by atoms with E-state index in [4.69, 9.17) is 7.85 Å². The first-order chi connectivity index (χ1) is 7.87. The molecule has 6 atom stereocenters. The normalized spacial score (nSPS) is 49.9. The Morgan fingerprint density at radius 1 is 1.24 bits per heavy atom. The van der Waals surface area contributed by atoms with Gasteiger partial charge in [-0.05, 0) is 54.3 Å². The molecule has 0 aromatic carbocycles. The van der Waals surface area contributed by atoms with Crippen molar-refractivity contribution in [3.05, 3.63) is 0 Å². The number of rotatable bonds is 4. The fourth-order valence-electron chi connectivity index (χ4n) is 4.39. The average Bonchev–Trinajstić information content (AvgIpc) is 2.99. The van der Waals surface area contributed by atoms with Crippen molar-refractivity contribution < 1.29 is 0 Å². The largest absolute Gasteiger partial charge is 0.0710 e. The minimum absolute atomic E-state index is 0.432. The highest BCUT2D eigenvalue weighted by molar-refractivity contribution is 6.12. The summed E-state index contributed by atoms with van der Waals surface area (Å²) in [6, 6.07) is 0. The minimum atomic E-state index is 0.432. The molecule has 2 saturated carbocycles. The summed E-state index contributed by atoms with van der Waals surface area (Å²) in [6.45, 7) is 11.9. The van der Waals surface area contributed by atoms with E-state index in [0.717, 1.165) is 29.6 Å². The first-order valence-corrected chi connectivity index (χ1v) is 7.62. The zero-order chi connectivity index (χ0) is 12.8. The molecule has 0 nitrogen and oxygen atoms in total. The molecule has 0 amide bonds. The summed E-state index contributed by atoms with van der Waals surface area (Å²) in [5, 5.41) is 0. The molecular weight excluding hydrogens is 203 g/mol. The molecule has 0 heterocycles. The van der Waals surface area contributed by atoms with E-state index in [9.17, 15) is 0 Å². The second-order valence-electron chi connectivity index (χ2n) is 7.58. The Hall–Kier alpha value is 0.0649. The topological polar surface area (TPSA) is 0 Å². The van der Waals surface area contributed by atoms with Crippen LogP contribution in [-0.4, -0.2) is 7.85 Å². The highest BCUT2D eigenvalue weighted by Crippen LogP contribution is 2.66. The van der Waals surface area contributed by atoms with Crippen molar-refractivity contribution in [2.75, 3.05) is 0 Å². The Balaban J connectivity index is 1.95. The van der Waals surface area contributed by atoms with Crippen LogP contribution in [-0.2, 0) is 0 Å². The van der Waals surface area contributed by atoms with E-state index in [0.29, 0.717) is 11.2 Å². The molecule has 2 rings (SSSR count). The van der Waals surface area contributed by atoms with Crippen LogP contribution in [0.2, 0.25) is 5.82 Å². The maximum Gasteiger partial charge on any atom is 0.0710 e. The van der Waals surface area contributed by atoms with Crippen molar-refractivity contribution in [1.29, 1.82) is 0 Å². The third-order valence-electron chi connectivity index (χ3n) is 5.95. The van der Waals surface area contributed by atoms with Gasteiger partial charge in [0.15, 0.2) is 0 Å². The van der Waals surface area contributed by atoms with Gasteiger partial charge in [-0.15, -0.1) is 0 Å². The van der Waals surface area contributed by atoms with Crippen LogP contribution in [0.15, 0.2) is 0 Å². The molecule has 96 valence electrons.